The third-order valence-corrected chi connectivity index (χ3v) is 6.54. The molecule has 1 aliphatic carbocycles. The minimum absolute atomic E-state index is 0.0255. The standard InChI is InChI=1S/C20H21NO3Se/c1-24-20-10-9-17(18-11-15(23)8-7-14(18)12-22)19(21-20)13-25-16-5-3-2-4-6-16/h2-10,14,18,22H,11-13H2,1H3/t14-,18+/m1/s1. The van der Waals surface area contributed by atoms with Gasteiger partial charge < -0.3 is 0 Å². The number of ketones is 1. The number of aliphatic hydroxyl groups excluding tert-OH is 1. The van der Waals surface area contributed by atoms with Crippen LogP contribution in [0.3, 0.4) is 0 Å². The number of aromatic nitrogens is 1. The van der Waals surface area contributed by atoms with Crippen LogP contribution in [0.2, 0.25) is 0 Å². The first-order valence-corrected chi connectivity index (χ1v) is 10.3. The second kappa shape index (κ2) is 8.43. The van der Waals surface area contributed by atoms with Gasteiger partial charge in [-0.05, 0) is 0 Å². The molecule has 0 saturated heterocycles. The van der Waals surface area contributed by atoms with Crippen molar-refractivity contribution in [3.63, 3.8) is 0 Å². The molecular weight excluding hydrogens is 381 g/mol. The molecule has 0 bridgehead atoms. The molecule has 130 valence electrons. The van der Waals surface area contributed by atoms with E-state index >= 15 is 0 Å². The first kappa shape index (κ1) is 17.9. The number of nitrogens with zero attached hydrogens (tertiary/aromatic N) is 1. The van der Waals surface area contributed by atoms with Crippen LogP contribution < -0.4 is 9.20 Å². The topological polar surface area (TPSA) is 59.4 Å². The average molecular weight is 402 g/mol. The Morgan fingerprint density at radius 2 is 2.04 bits per heavy atom. The third-order valence-electron chi connectivity index (χ3n) is 4.39. The van der Waals surface area contributed by atoms with Crippen molar-refractivity contribution in [2.45, 2.75) is 17.7 Å². The molecule has 0 fully saturated rings. The Bertz CT molecular complexity index is 761. The van der Waals surface area contributed by atoms with E-state index < -0.39 is 0 Å². The molecule has 1 N–H and O–H groups in total. The number of rotatable bonds is 6. The van der Waals surface area contributed by atoms with Crippen molar-refractivity contribution >= 4 is 25.2 Å². The van der Waals surface area contributed by atoms with E-state index in [1.807, 2.05) is 36.4 Å². The Morgan fingerprint density at radius 1 is 1.24 bits per heavy atom. The molecule has 0 amide bonds. The summed E-state index contributed by atoms with van der Waals surface area (Å²) < 4.78 is 6.60. The van der Waals surface area contributed by atoms with Crippen LogP contribution in [0.4, 0.5) is 0 Å². The summed E-state index contributed by atoms with van der Waals surface area (Å²) in [6.07, 6.45) is 3.83. The molecule has 0 aliphatic heterocycles. The van der Waals surface area contributed by atoms with Crippen LogP contribution >= 0.6 is 0 Å². The molecule has 25 heavy (non-hydrogen) atoms. The van der Waals surface area contributed by atoms with Crippen LogP contribution in [0.1, 0.15) is 23.6 Å². The van der Waals surface area contributed by atoms with Gasteiger partial charge in [0.25, 0.3) is 0 Å². The number of ether oxygens (including phenoxy) is 1. The van der Waals surface area contributed by atoms with E-state index in [0.717, 1.165) is 16.6 Å². The maximum absolute atomic E-state index is 11.9. The van der Waals surface area contributed by atoms with E-state index in [1.165, 1.54) is 4.46 Å². The van der Waals surface area contributed by atoms with Crippen LogP contribution in [-0.2, 0) is 10.1 Å². The van der Waals surface area contributed by atoms with Crippen molar-refractivity contribution < 1.29 is 14.6 Å². The van der Waals surface area contributed by atoms with Gasteiger partial charge in [0.2, 0.25) is 0 Å². The quantitative estimate of drug-likeness (QED) is 0.750. The summed E-state index contributed by atoms with van der Waals surface area (Å²) in [6, 6.07) is 14.2. The van der Waals surface area contributed by atoms with Crippen LogP contribution in [0, 0.1) is 5.92 Å². The van der Waals surface area contributed by atoms with Crippen LogP contribution in [-0.4, -0.2) is 44.5 Å². The van der Waals surface area contributed by atoms with Gasteiger partial charge in [-0.15, -0.1) is 0 Å². The molecule has 1 aromatic carbocycles. The zero-order chi connectivity index (χ0) is 17.6. The normalized spacial score (nSPS) is 19.8. The van der Waals surface area contributed by atoms with Crippen molar-refractivity contribution in [1.82, 2.24) is 4.98 Å². The average Bonchev–Trinajstić information content (AvgIpc) is 2.67. The maximum atomic E-state index is 11.9. The molecule has 0 spiro atoms. The van der Waals surface area contributed by atoms with Crippen LogP contribution in [0.5, 0.6) is 5.88 Å². The number of carbonyl (C=O) groups excluding carboxylic acids is 1. The van der Waals surface area contributed by atoms with Crippen molar-refractivity contribution in [1.29, 1.82) is 0 Å². The molecule has 3 rings (SSSR count). The van der Waals surface area contributed by atoms with E-state index in [0.29, 0.717) is 12.3 Å². The molecule has 1 aromatic heterocycles. The van der Waals surface area contributed by atoms with Gasteiger partial charge in [-0.25, -0.2) is 0 Å². The first-order valence-electron chi connectivity index (χ1n) is 8.25. The van der Waals surface area contributed by atoms with Gasteiger partial charge in [-0.1, -0.05) is 0 Å². The summed E-state index contributed by atoms with van der Waals surface area (Å²) in [5.41, 5.74) is 2.02. The van der Waals surface area contributed by atoms with Crippen molar-refractivity contribution in [2.75, 3.05) is 13.7 Å². The molecule has 2 aromatic rings. The third kappa shape index (κ3) is 4.37. The number of hydrogen-bond donors (Lipinski definition) is 1. The first-order chi connectivity index (χ1) is 12.2. The number of benzene rings is 1. The number of allylic oxidation sites excluding steroid dienone is 1. The second-order valence-corrected chi connectivity index (χ2v) is 8.17. The van der Waals surface area contributed by atoms with E-state index in [9.17, 15) is 9.90 Å². The van der Waals surface area contributed by atoms with Gasteiger partial charge >= 0.3 is 154 Å². The molecule has 5 heteroatoms. The fraction of sp³-hybridized carbons (Fsp3) is 0.300. The number of aliphatic hydroxyl groups is 1. The minimum atomic E-state index is -0.0455. The number of methoxy groups -OCH3 is 1. The summed E-state index contributed by atoms with van der Waals surface area (Å²) in [7, 11) is 1.61. The molecule has 0 unspecified atom stereocenters. The summed E-state index contributed by atoms with van der Waals surface area (Å²) in [5.74, 6) is 0.615. The fourth-order valence-corrected chi connectivity index (χ4v) is 4.91. The zero-order valence-electron chi connectivity index (χ0n) is 14.1. The van der Waals surface area contributed by atoms with Gasteiger partial charge in [0.1, 0.15) is 0 Å². The predicted molar refractivity (Wildman–Crippen MR) is 98.4 cm³/mol. The Kier molecular flexibility index (Phi) is 6.03. The Hall–Kier alpha value is -1.94. The SMILES string of the molecule is COc1ccc([C@H]2CC(=O)C=C[C@@H]2CO)c(C[Se]c2ccccc2)n1. The Balaban J connectivity index is 1.90. The molecule has 0 radical (unpaired) electrons. The van der Waals surface area contributed by atoms with E-state index in [2.05, 4.69) is 17.1 Å². The monoisotopic (exact) mass is 403 g/mol. The molecule has 1 aliphatic rings. The molecule has 0 saturated carbocycles. The molecule has 1 heterocycles. The van der Waals surface area contributed by atoms with Crippen LogP contribution in [0.15, 0.2) is 54.6 Å². The van der Waals surface area contributed by atoms with Gasteiger partial charge in [0, 0.05) is 0 Å². The summed E-state index contributed by atoms with van der Waals surface area (Å²) in [5, 5.41) is 10.5. The van der Waals surface area contributed by atoms with Crippen molar-refractivity contribution in [2.24, 2.45) is 5.92 Å². The predicted octanol–water partition coefficient (Wildman–Crippen LogP) is 1.84. The Morgan fingerprint density at radius 3 is 2.76 bits per heavy atom. The van der Waals surface area contributed by atoms with Gasteiger partial charge in [-0.2, -0.15) is 0 Å². The van der Waals surface area contributed by atoms with E-state index in [4.69, 9.17) is 4.74 Å². The van der Waals surface area contributed by atoms with Crippen LogP contribution in [0.25, 0.3) is 0 Å². The molecular formula is C20H21NO3Se. The number of carbonyl (C=O) groups is 1. The van der Waals surface area contributed by atoms with Gasteiger partial charge in [0.05, 0.1) is 0 Å². The van der Waals surface area contributed by atoms with E-state index in [1.54, 1.807) is 13.2 Å². The zero-order valence-corrected chi connectivity index (χ0v) is 15.8. The molecule has 2 atom stereocenters. The fourth-order valence-electron chi connectivity index (χ4n) is 3.06. The Labute approximate surface area is 154 Å². The van der Waals surface area contributed by atoms with Crippen molar-refractivity contribution in [3.05, 3.63) is 65.9 Å². The summed E-state index contributed by atoms with van der Waals surface area (Å²) >= 11 is 0.249. The second-order valence-electron chi connectivity index (χ2n) is 5.97. The summed E-state index contributed by atoms with van der Waals surface area (Å²) in [6.45, 7) is 0.0315. The summed E-state index contributed by atoms with van der Waals surface area (Å²) in [4.78, 5) is 16.6. The van der Waals surface area contributed by atoms with Crippen molar-refractivity contribution in [3.8, 4) is 5.88 Å². The number of pyridine rings is 1. The van der Waals surface area contributed by atoms with Gasteiger partial charge in [0.15, 0.2) is 0 Å². The molecule has 4 nitrogen and oxygen atoms in total. The van der Waals surface area contributed by atoms with Gasteiger partial charge in [-0.3, -0.25) is 0 Å². The number of hydrogen-bond acceptors (Lipinski definition) is 4. The van der Waals surface area contributed by atoms with E-state index in [-0.39, 0.29) is 39.2 Å².